The van der Waals surface area contributed by atoms with Crippen molar-refractivity contribution in [3.63, 3.8) is 0 Å². The van der Waals surface area contributed by atoms with Gasteiger partial charge in [-0.05, 0) is 24.6 Å². The zero-order chi connectivity index (χ0) is 16.7. The van der Waals surface area contributed by atoms with Crippen molar-refractivity contribution in [2.24, 2.45) is 0 Å². The van der Waals surface area contributed by atoms with Gasteiger partial charge in [-0.15, -0.1) is 0 Å². The molecule has 1 fully saturated rings. The lowest BCUT2D eigenvalue weighted by Crippen LogP contribution is -2.47. The van der Waals surface area contributed by atoms with Gasteiger partial charge in [-0.3, -0.25) is 9.69 Å². The van der Waals surface area contributed by atoms with Gasteiger partial charge in [0.15, 0.2) is 0 Å². The molecule has 1 heterocycles. The van der Waals surface area contributed by atoms with Gasteiger partial charge in [-0.2, -0.15) is 0 Å². The molecular weight excluding hydrogens is 310 g/mol. The molecule has 2 rings (SSSR count). The summed E-state index contributed by atoms with van der Waals surface area (Å²) in [6.45, 7) is 7.85. The summed E-state index contributed by atoms with van der Waals surface area (Å²) < 4.78 is 0. The van der Waals surface area contributed by atoms with Gasteiger partial charge in [0.1, 0.15) is 0 Å². The first-order valence-electron chi connectivity index (χ1n) is 8.57. The maximum Gasteiger partial charge on any atom is 0.223 e. The van der Waals surface area contributed by atoms with E-state index in [4.69, 9.17) is 11.6 Å². The Labute approximate surface area is 145 Å². The zero-order valence-electron chi connectivity index (χ0n) is 14.3. The summed E-state index contributed by atoms with van der Waals surface area (Å²) >= 11 is 6.06. The number of hydrogen-bond acceptors (Lipinski definition) is 3. The van der Waals surface area contributed by atoms with Crippen LogP contribution in [-0.4, -0.2) is 62.0 Å². The number of halogens is 1. The van der Waals surface area contributed by atoms with Crippen LogP contribution >= 0.6 is 11.6 Å². The first kappa shape index (κ1) is 18.1. The third-order valence-electron chi connectivity index (χ3n) is 4.46. The van der Waals surface area contributed by atoms with Gasteiger partial charge in [0.2, 0.25) is 5.91 Å². The van der Waals surface area contributed by atoms with Crippen LogP contribution in [0.5, 0.6) is 0 Å². The van der Waals surface area contributed by atoms with Crippen LogP contribution in [0.25, 0.3) is 0 Å². The van der Waals surface area contributed by atoms with Crippen molar-refractivity contribution in [2.45, 2.75) is 26.2 Å². The van der Waals surface area contributed by atoms with Gasteiger partial charge in [0, 0.05) is 63.4 Å². The molecule has 1 aromatic carbocycles. The fourth-order valence-corrected chi connectivity index (χ4v) is 3.05. The Hall–Kier alpha value is -1.26. The Morgan fingerprint density at radius 3 is 2.65 bits per heavy atom. The number of carbonyl (C=O) groups is 1. The van der Waals surface area contributed by atoms with Crippen LogP contribution in [0.3, 0.4) is 0 Å². The number of benzene rings is 1. The molecule has 0 aromatic heterocycles. The molecule has 0 N–H and O–H groups in total. The quantitative estimate of drug-likeness (QED) is 0.765. The van der Waals surface area contributed by atoms with Gasteiger partial charge in [-0.25, -0.2) is 0 Å². The van der Waals surface area contributed by atoms with E-state index in [1.54, 1.807) is 0 Å². The average Bonchev–Trinajstić information content (AvgIpc) is 2.58. The Bertz CT molecular complexity index is 501. The molecular formula is C18H28ClN3O. The highest BCUT2D eigenvalue weighted by molar-refractivity contribution is 6.30. The molecule has 5 heteroatoms. The molecule has 1 saturated heterocycles. The van der Waals surface area contributed by atoms with Crippen LogP contribution < -0.4 is 4.90 Å². The van der Waals surface area contributed by atoms with Crippen molar-refractivity contribution >= 4 is 23.2 Å². The predicted molar refractivity (Wildman–Crippen MR) is 97.3 cm³/mol. The van der Waals surface area contributed by atoms with Crippen LogP contribution in [0.4, 0.5) is 5.69 Å². The molecule has 0 saturated carbocycles. The van der Waals surface area contributed by atoms with E-state index in [2.05, 4.69) is 22.8 Å². The summed E-state index contributed by atoms with van der Waals surface area (Å²) in [5.74, 6) is 0.260. The predicted octanol–water partition coefficient (Wildman–Crippen LogP) is 3.11. The molecule has 128 valence electrons. The minimum Gasteiger partial charge on any atom is -0.369 e. The molecule has 1 aliphatic heterocycles. The molecule has 23 heavy (non-hydrogen) atoms. The molecule has 0 aliphatic carbocycles. The fraction of sp³-hybridized carbons (Fsp3) is 0.611. The number of rotatable bonds is 7. The van der Waals surface area contributed by atoms with E-state index >= 15 is 0 Å². The normalized spacial score (nSPS) is 15.7. The van der Waals surface area contributed by atoms with Crippen molar-refractivity contribution in [1.29, 1.82) is 0 Å². The van der Waals surface area contributed by atoms with E-state index < -0.39 is 0 Å². The number of hydrogen-bond donors (Lipinski definition) is 0. The molecule has 4 nitrogen and oxygen atoms in total. The monoisotopic (exact) mass is 337 g/mol. The van der Waals surface area contributed by atoms with Gasteiger partial charge in [-0.1, -0.05) is 31.0 Å². The summed E-state index contributed by atoms with van der Waals surface area (Å²) in [5.41, 5.74) is 1.19. The second-order valence-corrected chi connectivity index (χ2v) is 6.66. The van der Waals surface area contributed by atoms with Crippen LogP contribution in [0.1, 0.15) is 26.2 Å². The first-order valence-corrected chi connectivity index (χ1v) is 8.94. The maximum atomic E-state index is 12.1. The zero-order valence-corrected chi connectivity index (χ0v) is 15.1. The Morgan fingerprint density at radius 1 is 1.26 bits per heavy atom. The first-order chi connectivity index (χ1) is 11.1. The maximum absolute atomic E-state index is 12.1. The van der Waals surface area contributed by atoms with E-state index in [1.165, 1.54) is 5.69 Å². The molecule has 0 spiro atoms. The topological polar surface area (TPSA) is 26.8 Å². The van der Waals surface area contributed by atoms with Crippen molar-refractivity contribution in [1.82, 2.24) is 9.80 Å². The largest absolute Gasteiger partial charge is 0.369 e. The number of nitrogens with zero attached hydrogens (tertiary/aromatic N) is 3. The van der Waals surface area contributed by atoms with E-state index in [-0.39, 0.29) is 5.91 Å². The van der Waals surface area contributed by atoms with E-state index in [9.17, 15) is 4.79 Å². The highest BCUT2D eigenvalue weighted by atomic mass is 35.5. The molecule has 1 aliphatic rings. The van der Waals surface area contributed by atoms with Gasteiger partial charge in [0.05, 0.1) is 0 Å². The standard InChI is InChI=1S/C18H28ClN3O/c1-3-4-9-20(2)18(23)8-10-21-11-13-22(14-12-21)17-7-5-6-16(19)15-17/h5-7,15H,3-4,8-14H2,1-2H3. The average molecular weight is 338 g/mol. The van der Waals surface area contributed by atoms with Gasteiger partial charge < -0.3 is 9.80 Å². The van der Waals surface area contributed by atoms with Gasteiger partial charge in [0.25, 0.3) is 0 Å². The van der Waals surface area contributed by atoms with E-state index in [0.29, 0.717) is 6.42 Å². The molecule has 0 atom stereocenters. The number of piperazine rings is 1. The van der Waals surface area contributed by atoms with E-state index in [1.807, 2.05) is 30.1 Å². The van der Waals surface area contributed by atoms with Gasteiger partial charge >= 0.3 is 0 Å². The van der Waals surface area contributed by atoms with Crippen molar-refractivity contribution in [3.05, 3.63) is 29.3 Å². The highest BCUT2D eigenvalue weighted by Crippen LogP contribution is 2.20. The van der Waals surface area contributed by atoms with Crippen LogP contribution in [0, 0.1) is 0 Å². The lowest BCUT2D eigenvalue weighted by Gasteiger charge is -2.36. The number of amides is 1. The Kier molecular flexibility index (Phi) is 7.18. The summed E-state index contributed by atoms with van der Waals surface area (Å²) in [7, 11) is 1.91. The molecule has 0 unspecified atom stereocenters. The minimum atomic E-state index is 0.260. The van der Waals surface area contributed by atoms with Crippen LogP contribution in [-0.2, 0) is 4.79 Å². The van der Waals surface area contributed by atoms with E-state index in [0.717, 1.165) is 57.1 Å². The van der Waals surface area contributed by atoms with Crippen LogP contribution in [0.2, 0.25) is 5.02 Å². The lowest BCUT2D eigenvalue weighted by molar-refractivity contribution is -0.130. The minimum absolute atomic E-state index is 0.260. The fourth-order valence-electron chi connectivity index (χ4n) is 2.87. The summed E-state index contributed by atoms with van der Waals surface area (Å²) in [6, 6.07) is 8.02. The summed E-state index contributed by atoms with van der Waals surface area (Å²) in [6.07, 6.45) is 2.83. The summed E-state index contributed by atoms with van der Waals surface area (Å²) in [4.78, 5) is 18.7. The van der Waals surface area contributed by atoms with Crippen molar-refractivity contribution < 1.29 is 4.79 Å². The van der Waals surface area contributed by atoms with Crippen LogP contribution in [0.15, 0.2) is 24.3 Å². The number of unbranched alkanes of at least 4 members (excludes halogenated alkanes) is 1. The second kappa shape index (κ2) is 9.14. The lowest BCUT2D eigenvalue weighted by atomic mass is 10.2. The second-order valence-electron chi connectivity index (χ2n) is 6.23. The number of anilines is 1. The van der Waals surface area contributed by atoms with Crippen molar-refractivity contribution in [3.8, 4) is 0 Å². The van der Waals surface area contributed by atoms with Crippen molar-refractivity contribution in [2.75, 3.05) is 51.2 Å². The third-order valence-corrected chi connectivity index (χ3v) is 4.70. The third kappa shape index (κ3) is 5.70. The molecule has 1 aromatic rings. The Morgan fingerprint density at radius 2 is 2.00 bits per heavy atom. The SMILES string of the molecule is CCCCN(C)C(=O)CCN1CCN(c2cccc(Cl)c2)CC1. The smallest absolute Gasteiger partial charge is 0.223 e. The highest BCUT2D eigenvalue weighted by Gasteiger charge is 2.18. The molecule has 0 bridgehead atoms. The number of carbonyl (C=O) groups excluding carboxylic acids is 1. The molecule has 1 amide bonds. The summed E-state index contributed by atoms with van der Waals surface area (Å²) in [5, 5.41) is 0.783. The Balaban J connectivity index is 1.71. The molecule has 0 radical (unpaired) electrons.